The fourth-order valence-electron chi connectivity index (χ4n) is 4.31. The highest BCUT2D eigenvalue weighted by Gasteiger charge is 2.34. The van der Waals surface area contributed by atoms with Gasteiger partial charge in [-0.1, -0.05) is 36.5 Å². The minimum atomic E-state index is -0.795. The topological polar surface area (TPSA) is 136 Å². The number of hydrogen-bond acceptors (Lipinski definition) is 8. The monoisotopic (exact) mass is 516 g/mol. The number of para-hydroxylation sites is 2. The van der Waals surface area contributed by atoms with E-state index in [2.05, 4.69) is 15.6 Å². The zero-order valence-electron chi connectivity index (χ0n) is 19.6. The second-order valence-corrected chi connectivity index (χ2v) is 9.54. The summed E-state index contributed by atoms with van der Waals surface area (Å²) in [6.45, 7) is 2.94. The quantitative estimate of drug-likeness (QED) is 0.408. The number of aromatic nitrogens is 1. The van der Waals surface area contributed by atoms with Gasteiger partial charge in [0.25, 0.3) is 5.91 Å². The summed E-state index contributed by atoms with van der Waals surface area (Å²) in [6.07, 6.45) is -0.543. The molecule has 1 aliphatic heterocycles. The molecule has 1 saturated heterocycles. The number of carbonyl (C=O) groups excluding carboxylic acids is 2. The van der Waals surface area contributed by atoms with Gasteiger partial charge in [0.05, 0.1) is 30.1 Å². The van der Waals surface area contributed by atoms with Crippen molar-refractivity contribution < 1.29 is 23.1 Å². The van der Waals surface area contributed by atoms with Crippen LogP contribution in [0.15, 0.2) is 42.5 Å². The van der Waals surface area contributed by atoms with Gasteiger partial charge in [-0.05, 0) is 30.2 Å². The van der Waals surface area contributed by atoms with Crippen LogP contribution < -0.4 is 27.0 Å². The molecule has 0 radical (unpaired) electrons. The Bertz CT molecular complexity index is 1250. The van der Waals surface area contributed by atoms with E-state index in [-0.39, 0.29) is 39.3 Å². The van der Waals surface area contributed by atoms with Gasteiger partial charge in [0, 0.05) is 19.1 Å². The Morgan fingerprint density at radius 2 is 1.83 bits per heavy atom. The normalized spacial score (nSPS) is 19.6. The van der Waals surface area contributed by atoms with E-state index in [4.69, 9.17) is 16.2 Å². The van der Waals surface area contributed by atoms with Crippen LogP contribution in [0, 0.1) is 17.6 Å². The Morgan fingerprint density at radius 3 is 2.50 bits per heavy atom. The van der Waals surface area contributed by atoms with Crippen molar-refractivity contribution in [3.63, 3.8) is 0 Å². The van der Waals surface area contributed by atoms with Crippen LogP contribution in [0.4, 0.5) is 30.0 Å². The molecule has 36 heavy (non-hydrogen) atoms. The fourth-order valence-corrected chi connectivity index (χ4v) is 5.18. The van der Waals surface area contributed by atoms with Crippen molar-refractivity contribution in [2.45, 2.75) is 19.0 Å². The van der Waals surface area contributed by atoms with Crippen LogP contribution in [0.5, 0.6) is 0 Å². The number of amides is 2. The number of methoxy groups -OCH3 is 1. The summed E-state index contributed by atoms with van der Waals surface area (Å²) in [5.74, 6) is -2.21. The van der Waals surface area contributed by atoms with E-state index < -0.39 is 23.6 Å². The second kappa shape index (κ2) is 10.5. The van der Waals surface area contributed by atoms with Crippen LogP contribution in [-0.4, -0.2) is 49.3 Å². The lowest BCUT2D eigenvalue weighted by molar-refractivity contribution is 0.102. The predicted molar refractivity (Wildman–Crippen MR) is 135 cm³/mol. The highest BCUT2D eigenvalue weighted by Crippen LogP contribution is 2.35. The Labute approximate surface area is 210 Å². The molecule has 0 aliphatic carbocycles. The number of nitrogen functional groups attached to an aromatic ring is 1. The molecule has 4 rings (SSSR count). The van der Waals surface area contributed by atoms with Gasteiger partial charge in [0.15, 0.2) is 5.69 Å². The Balaban J connectivity index is 1.55. The van der Waals surface area contributed by atoms with E-state index >= 15 is 0 Å². The van der Waals surface area contributed by atoms with E-state index in [9.17, 15) is 18.4 Å². The molecule has 3 atom stereocenters. The molecule has 1 aliphatic rings. The van der Waals surface area contributed by atoms with Gasteiger partial charge >= 0.3 is 6.09 Å². The Kier molecular flexibility index (Phi) is 7.36. The van der Waals surface area contributed by atoms with Gasteiger partial charge in [-0.3, -0.25) is 4.79 Å². The van der Waals surface area contributed by atoms with E-state index in [1.807, 2.05) is 24.0 Å². The average Bonchev–Trinajstić information content (AvgIpc) is 3.22. The Hall–Kier alpha value is -3.77. The first-order valence-electron chi connectivity index (χ1n) is 11.2. The van der Waals surface area contributed by atoms with Gasteiger partial charge in [0.1, 0.15) is 21.6 Å². The average molecular weight is 517 g/mol. The number of nitrogens with zero attached hydrogens (tertiary/aromatic N) is 2. The van der Waals surface area contributed by atoms with Crippen molar-refractivity contribution >= 4 is 39.7 Å². The number of thiazole rings is 1. The van der Waals surface area contributed by atoms with Crippen molar-refractivity contribution in [3.05, 3.63) is 59.8 Å². The molecule has 12 heteroatoms. The standard InChI is InChI=1S/C24H26F2N6O3S/c1-12-10-32(11-15(27)19(12)31-24(34)35-2)17-9-4-3-8-16(17)29-22(33)20-21(28)36-23(30-20)18-13(25)6-5-7-14(18)26/h3-9,12,15,19H,10-11,27-28H2,1-2H3,(H,29,33)(H,31,34)/t12-,15+,19-/m0/s1. The number of hydrogen-bond donors (Lipinski definition) is 4. The molecule has 190 valence electrons. The molecule has 0 spiro atoms. The van der Waals surface area contributed by atoms with Crippen molar-refractivity contribution in [2.24, 2.45) is 11.7 Å². The van der Waals surface area contributed by atoms with E-state index in [0.717, 1.165) is 29.2 Å². The summed E-state index contributed by atoms with van der Waals surface area (Å²) >= 11 is 0.829. The molecule has 0 unspecified atom stereocenters. The largest absolute Gasteiger partial charge is 0.453 e. The molecule has 1 aromatic heterocycles. The number of nitrogens with one attached hydrogen (secondary N) is 2. The van der Waals surface area contributed by atoms with Crippen LogP contribution in [-0.2, 0) is 4.74 Å². The van der Waals surface area contributed by atoms with Gasteiger partial charge in [-0.15, -0.1) is 0 Å². The molecule has 1 fully saturated rings. The van der Waals surface area contributed by atoms with Crippen LogP contribution in [0.2, 0.25) is 0 Å². The number of ether oxygens (including phenoxy) is 1. The third-order valence-corrected chi connectivity index (χ3v) is 6.92. The number of rotatable bonds is 5. The van der Waals surface area contributed by atoms with E-state index in [1.165, 1.54) is 13.2 Å². The molecule has 6 N–H and O–H groups in total. The molecular formula is C24H26F2N6O3S. The summed E-state index contributed by atoms with van der Waals surface area (Å²) in [5.41, 5.74) is 13.1. The van der Waals surface area contributed by atoms with Crippen LogP contribution in [0.1, 0.15) is 17.4 Å². The van der Waals surface area contributed by atoms with Crippen molar-refractivity contribution in [2.75, 3.05) is 36.1 Å². The van der Waals surface area contributed by atoms with Crippen LogP contribution >= 0.6 is 11.3 Å². The third-order valence-electron chi connectivity index (χ3n) is 6.02. The maximum atomic E-state index is 14.2. The minimum Gasteiger partial charge on any atom is -0.453 e. The predicted octanol–water partition coefficient (Wildman–Crippen LogP) is 3.43. The Morgan fingerprint density at radius 1 is 1.14 bits per heavy atom. The van der Waals surface area contributed by atoms with Crippen molar-refractivity contribution in [3.8, 4) is 10.6 Å². The van der Waals surface area contributed by atoms with Gasteiger partial charge in [-0.25, -0.2) is 18.6 Å². The number of piperidine rings is 1. The molecule has 3 aromatic rings. The SMILES string of the molecule is COC(=O)N[C@@H]1[C@H](N)CN(c2ccccc2NC(=O)c2nc(-c3c(F)cccc3F)sc2N)C[C@@H]1C. The highest BCUT2D eigenvalue weighted by atomic mass is 32.1. The number of carbonyl (C=O) groups is 2. The lowest BCUT2D eigenvalue weighted by Gasteiger charge is -2.42. The van der Waals surface area contributed by atoms with Gasteiger partial charge in [0.2, 0.25) is 0 Å². The second-order valence-electron chi connectivity index (χ2n) is 8.51. The molecule has 2 heterocycles. The summed E-state index contributed by atoms with van der Waals surface area (Å²) in [4.78, 5) is 30.9. The van der Waals surface area contributed by atoms with Crippen molar-refractivity contribution in [1.29, 1.82) is 0 Å². The first-order valence-corrected chi connectivity index (χ1v) is 12.0. The highest BCUT2D eigenvalue weighted by molar-refractivity contribution is 7.19. The molecule has 9 nitrogen and oxygen atoms in total. The summed E-state index contributed by atoms with van der Waals surface area (Å²) in [7, 11) is 1.30. The zero-order valence-corrected chi connectivity index (χ0v) is 20.4. The zero-order chi connectivity index (χ0) is 26.0. The van der Waals surface area contributed by atoms with E-state index in [0.29, 0.717) is 18.8 Å². The van der Waals surface area contributed by atoms with Crippen molar-refractivity contribution in [1.82, 2.24) is 10.3 Å². The fraction of sp³-hybridized carbons (Fsp3) is 0.292. The molecule has 0 saturated carbocycles. The van der Waals surface area contributed by atoms with E-state index in [1.54, 1.807) is 12.1 Å². The minimum absolute atomic E-state index is 0.0102. The van der Waals surface area contributed by atoms with Crippen LogP contribution in [0.25, 0.3) is 10.6 Å². The lowest BCUT2D eigenvalue weighted by Crippen LogP contribution is -2.62. The number of nitrogens with two attached hydrogens (primary N) is 2. The maximum Gasteiger partial charge on any atom is 0.407 e. The lowest BCUT2D eigenvalue weighted by atomic mass is 9.89. The first-order chi connectivity index (χ1) is 17.2. The summed E-state index contributed by atoms with van der Waals surface area (Å²) in [5, 5.41) is 5.60. The molecular weight excluding hydrogens is 490 g/mol. The number of alkyl carbamates (subject to hydrolysis) is 1. The smallest absolute Gasteiger partial charge is 0.407 e. The number of benzene rings is 2. The maximum absolute atomic E-state index is 14.2. The molecule has 0 bridgehead atoms. The summed E-state index contributed by atoms with van der Waals surface area (Å²) < 4.78 is 33.1. The van der Waals surface area contributed by atoms with Gasteiger partial charge < -0.3 is 31.7 Å². The van der Waals surface area contributed by atoms with Crippen LogP contribution in [0.3, 0.4) is 0 Å². The number of halogens is 2. The first kappa shape index (κ1) is 25.3. The number of anilines is 3. The molecule has 2 amide bonds. The van der Waals surface area contributed by atoms with Gasteiger partial charge in [-0.2, -0.15) is 0 Å². The molecule has 2 aromatic carbocycles. The summed E-state index contributed by atoms with van der Waals surface area (Å²) in [6, 6.07) is 9.97. The third kappa shape index (κ3) is 5.09.